The molecule has 0 atom stereocenters. The van der Waals surface area contributed by atoms with Gasteiger partial charge in [0.15, 0.2) is 0 Å². The number of nitrogens with zero attached hydrogens (tertiary/aromatic N) is 1. The third-order valence-electron chi connectivity index (χ3n) is 5.24. The molecule has 176 valence electrons. The van der Waals surface area contributed by atoms with E-state index in [9.17, 15) is 21.6 Å². The summed E-state index contributed by atoms with van der Waals surface area (Å²) < 4.78 is 52.7. The molecule has 2 rings (SSSR count). The highest BCUT2D eigenvalue weighted by molar-refractivity contribution is 7.89. The third kappa shape index (κ3) is 8.51. The predicted molar refractivity (Wildman–Crippen MR) is 122 cm³/mol. The highest BCUT2D eigenvalue weighted by Crippen LogP contribution is 2.21. The van der Waals surface area contributed by atoms with E-state index >= 15 is 0 Å². The van der Waals surface area contributed by atoms with Crippen LogP contribution in [0.5, 0.6) is 0 Å². The van der Waals surface area contributed by atoms with Crippen molar-refractivity contribution in [3.05, 3.63) is 35.4 Å². The summed E-state index contributed by atoms with van der Waals surface area (Å²) in [5.74, 6) is -0.175. The van der Waals surface area contributed by atoms with Crippen molar-refractivity contribution in [1.82, 2.24) is 14.3 Å². The van der Waals surface area contributed by atoms with E-state index in [2.05, 4.69) is 10.0 Å². The molecule has 0 aliphatic carbocycles. The molecule has 0 aromatic heterocycles. The Hall–Kier alpha value is -1.49. The lowest BCUT2D eigenvalue weighted by molar-refractivity contribution is -0.126. The van der Waals surface area contributed by atoms with E-state index in [0.29, 0.717) is 44.5 Å². The highest BCUT2D eigenvalue weighted by atomic mass is 32.2. The van der Waals surface area contributed by atoms with Gasteiger partial charge in [0.25, 0.3) is 0 Å². The van der Waals surface area contributed by atoms with E-state index < -0.39 is 20.0 Å². The van der Waals surface area contributed by atoms with Crippen molar-refractivity contribution in [3.8, 4) is 0 Å². The number of sulfonamides is 2. The van der Waals surface area contributed by atoms with Crippen LogP contribution < -0.4 is 10.0 Å². The molecule has 8 nitrogen and oxygen atoms in total. The van der Waals surface area contributed by atoms with Crippen LogP contribution in [0, 0.1) is 5.92 Å². The molecule has 0 unspecified atom stereocenters. The standard InChI is InChI=1S/C21H35N3O5S2/c1-4-5-14-31(28,29)24-12-10-20(11-13-24)21(25)22-15-18-6-8-19(9-7-18)16-30(26,27)23-17(2)3/h6-9,17,20,23H,4-5,10-16H2,1-3H3,(H,22,25). The van der Waals surface area contributed by atoms with E-state index in [4.69, 9.17) is 0 Å². The van der Waals surface area contributed by atoms with Crippen LogP contribution in [0.25, 0.3) is 0 Å². The quantitative estimate of drug-likeness (QED) is 0.510. The van der Waals surface area contributed by atoms with Gasteiger partial charge in [0.2, 0.25) is 26.0 Å². The maximum Gasteiger partial charge on any atom is 0.223 e. The van der Waals surface area contributed by atoms with Crippen molar-refractivity contribution >= 4 is 26.0 Å². The first-order valence-corrected chi connectivity index (χ1v) is 14.1. The molecule has 1 fully saturated rings. The number of carbonyl (C=O) groups excluding carboxylic acids is 1. The summed E-state index contributed by atoms with van der Waals surface area (Å²) in [6.45, 7) is 6.64. The van der Waals surface area contributed by atoms with Crippen LogP contribution in [-0.4, -0.2) is 51.9 Å². The van der Waals surface area contributed by atoms with E-state index in [0.717, 1.165) is 12.0 Å². The summed E-state index contributed by atoms with van der Waals surface area (Å²) in [7, 11) is -6.59. The van der Waals surface area contributed by atoms with Gasteiger partial charge in [-0.2, -0.15) is 0 Å². The highest BCUT2D eigenvalue weighted by Gasteiger charge is 2.30. The minimum atomic E-state index is -3.37. The fourth-order valence-corrected chi connectivity index (χ4v) is 6.67. The molecule has 1 heterocycles. The SMILES string of the molecule is CCCCS(=O)(=O)N1CCC(C(=O)NCc2ccc(CS(=O)(=O)NC(C)C)cc2)CC1. The Morgan fingerprint density at radius 1 is 1.06 bits per heavy atom. The largest absolute Gasteiger partial charge is 0.352 e. The molecule has 1 amide bonds. The molecule has 1 saturated heterocycles. The summed E-state index contributed by atoms with van der Waals surface area (Å²) in [5.41, 5.74) is 1.56. The normalized spacial score (nSPS) is 16.5. The lowest BCUT2D eigenvalue weighted by Crippen LogP contribution is -2.43. The molecule has 0 spiro atoms. The Bertz CT molecular complexity index is 920. The number of hydrogen-bond donors (Lipinski definition) is 2. The number of rotatable bonds is 11. The number of nitrogens with one attached hydrogen (secondary N) is 2. The molecule has 10 heteroatoms. The van der Waals surface area contributed by atoms with Crippen molar-refractivity contribution in [1.29, 1.82) is 0 Å². The van der Waals surface area contributed by atoms with Gasteiger partial charge < -0.3 is 5.32 Å². The lowest BCUT2D eigenvalue weighted by Gasteiger charge is -2.30. The summed E-state index contributed by atoms with van der Waals surface area (Å²) in [4.78, 5) is 12.5. The van der Waals surface area contributed by atoms with Crippen molar-refractivity contribution in [3.63, 3.8) is 0 Å². The molecule has 1 aromatic rings. The lowest BCUT2D eigenvalue weighted by atomic mass is 9.97. The Kier molecular flexibility index (Phi) is 9.47. The first kappa shape index (κ1) is 25.8. The Balaban J connectivity index is 1.80. The van der Waals surface area contributed by atoms with Gasteiger partial charge >= 0.3 is 0 Å². The summed E-state index contributed by atoms with van der Waals surface area (Å²) in [6, 6.07) is 6.97. The molecule has 0 bridgehead atoms. The predicted octanol–water partition coefficient (Wildman–Crippen LogP) is 1.97. The van der Waals surface area contributed by atoms with Gasteiger partial charge in [-0.3, -0.25) is 4.79 Å². The summed E-state index contributed by atoms with van der Waals surface area (Å²) in [5, 5.41) is 2.91. The van der Waals surface area contributed by atoms with Crippen LogP contribution in [0.2, 0.25) is 0 Å². The summed E-state index contributed by atoms with van der Waals surface area (Å²) in [6.07, 6.45) is 2.54. The molecular formula is C21H35N3O5S2. The second-order valence-corrected chi connectivity index (χ2v) is 12.3. The number of amides is 1. The van der Waals surface area contributed by atoms with E-state index in [1.165, 1.54) is 4.31 Å². The van der Waals surface area contributed by atoms with Crippen LogP contribution >= 0.6 is 0 Å². The van der Waals surface area contributed by atoms with Gasteiger partial charge in [-0.1, -0.05) is 37.6 Å². The average Bonchev–Trinajstić information content (AvgIpc) is 2.70. The van der Waals surface area contributed by atoms with Gasteiger partial charge in [0, 0.05) is 31.6 Å². The number of carbonyl (C=O) groups is 1. The van der Waals surface area contributed by atoms with Crippen molar-refractivity contribution in [2.24, 2.45) is 5.92 Å². The second-order valence-electron chi connectivity index (χ2n) is 8.41. The average molecular weight is 474 g/mol. The third-order valence-corrected chi connectivity index (χ3v) is 8.74. The monoisotopic (exact) mass is 473 g/mol. The minimum Gasteiger partial charge on any atom is -0.352 e. The molecule has 31 heavy (non-hydrogen) atoms. The topological polar surface area (TPSA) is 113 Å². The van der Waals surface area contributed by atoms with Crippen LogP contribution in [0.4, 0.5) is 0 Å². The van der Waals surface area contributed by atoms with Crippen molar-refractivity contribution < 1.29 is 21.6 Å². The number of benzene rings is 1. The van der Waals surface area contributed by atoms with E-state index in [1.54, 1.807) is 26.0 Å². The molecule has 1 aliphatic heterocycles. The van der Waals surface area contributed by atoms with Gasteiger partial charge in [0.05, 0.1) is 11.5 Å². The molecule has 1 aromatic carbocycles. The molecular weight excluding hydrogens is 438 g/mol. The number of unbranched alkanes of at least 4 members (excludes halogenated alkanes) is 1. The number of piperidine rings is 1. The van der Waals surface area contributed by atoms with Crippen LogP contribution in [0.3, 0.4) is 0 Å². The first-order chi connectivity index (χ1) is 14.5. The van der Waals surface area contributed by atoms with Crippen LogP contribution in [-0.2, 0) is 37.1 Å². The Morgan fingerprint density at radius 2 is 1.65 bits per heavy atom. The zero-order valence-corrected chi connectivity index (χ0v) is 20.3. The molecule has 0 saturated carbocycles. The minimum absolute atomic E-state index is 0.0709. The first-order valence-electron chi connectivity index (χ1n) is 10.9. The van der Waals surface area contributed by atoms with Gasteiger partial charge in [-0.15, -0.1) is 0 Å². The van der Waals surface area contributed by atoms with Crippen LogP contribution in [0.1, 0.15) is 57.6 Å². The smallest absolute Gasteiger partial charge is 0.223 e. The van der Waals surface area contributed by atoms with Gasteiger partial charge in [0.1, 0.15) is 0 Å². The Labute approximate surface area is 186 Å². The molecule has 1 aliphatic rings. The van der Waals surface area contributed by atoms with E-state index in [-0.39, 0.29) is 29.4 Å². The van der Waals surface area contributed by atoms with Gasteiger partial charge in [-0.25, -0.2) is 25.9 Å². The maximum atomic E-state index is 12.5. The molecule has 2 N–H and O–H groups in total. The fraction of sp³-hybridized carbons (Fsp3) is 0.667. The Morgan fingerprint density at radius 3 is 2.19 bits per heavy atom. The zero-order valence-electron chi connectivity index (χ0n) is 18.6. The van der Waals surface area contributed by atoms with Gasteiger partial charge in [-0.05, 0) is 44.2 Å². The fourth-order valence-electron chi connectivity index (χ4n) is 3.56. The van der Waals surface area contributed by atoms with Crippen molar-refractivity contribution in [2.45, 2.75) is 64.8 Å². The summed E-state index contributed by atoms with van der Waals surface area (Å²) >= 11 is 0. The molecule has 0 radical (unpaired) electrons. The zero-order chi connectivity index (χ0) is 23.1. The van der Waals surface area contributed by atoms with Crippen molar-refractivity contribution in [2.75, 3.05) is 18.8 Å². The van der Waals surface area contributed by atoms with E-state index in [1.807, 2.05) is 19.1 Å². The second kappa shape index (κ2) is 11.4. The number of hydrogen-bond acceptors (Lipinski definition) is 5. The van der Waals surface area contributed by atoms with Crippen LogP contribution in [0.15, 0.2) is 24.3 Å². The maximum absolute atomic E-state index is 12.5.